The van der Waals surface area contributed by atoms with Gasteiger partial charge in [0.2, 0.25) is 0 Å². The van der Waals surface area contributed by atoms with Crippen LogP contribution in [0.25, 0.3) is 0 Å². The summed E-state index contributed by atoms with van der Waals surface area (Å²) in [4.78, 5) is 8.45. The standard InChI is InChI=1S/C20H24N2O4.Co/c1-13-7-17(25-3)9-15(19(13)23)11-21-5-6-22-12-16-10-18(26-4)8-14(2)20(16)24;/h7-12,23-24H,5-6H2,1-4H3;/q;+2/p-2. The van der Waals surface area contributed by atoms with E-state index >= 15 is 0 Å². The molecule has 0 heterocycles. The number of aryl methyl sites for hydroxylation is 2. The number of aliphatic imine (C=N–C) groups is 2. The molecule has 0 aliphatic rings. The Labute approximate surface area is 169 Å². The van der Waals surface area contributed by atoms with Gasteiger partial charge in [0.1, 0.15) is 11.5 Å². The first-order valence-electron chi connectivity index (χ1n) is 8.17. The molecule has 0 unspecified atom stereocenters. The van der Waals surface area contributed by atoms with Crippen LogP contribution in [0.5, 0.6) is 23.0 Å². The predicted molar refractivity (Wildman–Crippen MR) is 99.3 cm³/mol. The second-order valence-corrected chi connectivity index (χ2v) is 5.80. The van der Waals surface area contributed by atoms with Crippen molar-refractivity contribution in [1.82, 2.24) is 0 Å². The van der Waals surface area contributed by atoms with E-state index < -0.39 is 0 Å². The smallest absolute Gasteiger partial charge is 0.872 e. The van der Waals surface area contributed by atoms with Crippen molar-refractivity contribution in [2.75, 3.05) is 27.3 Å². The molecular formula is C20H22CoN2O4. The maximum Gasteiger partial charge on any atom is 2.00 e. The third-order valence-electron chi connectivity index (χ3n) is 3.84. The number of hydrogen-bond donors (Lipinski definition) is 0. The molecule has 0 bridgehead atoms. The predicted octanol–water partition coefficient (Wildman–Crippen LogP) is 2.00. The second-order valence-electron chi connectivity index (χ2n) is 5.80. The quantitative estimate of drug-likeness (QED) is 0.513. The van der Waals surface area contributed by atoms with Gasteiger partial charge in [-0.3, -0.25) is 9.98 Å². The monoisotopic (exact) mass is 413 g/mol. The molecule has 145 valence electrons. The minimum atomic E-state index is -0.0686. The van der Waals surface area contributed by atoms with Crippen LogP contribution in [-0.2, 0) is 16.8 Å². The fourth-order valence-corrected chi connectivity index (χ4v) is 2.40. The number of methoxy groups -OCH3 is 2. The van der Waals surface area contributed by atoms with Gasteiger partial charge in [-0.25, -0.2) is 0 Å². The summed E-state index contributed by atoms with van der Waals surface area (Å²) < 4.78 is 10.3. The maximum absolute atomic E-state index is 12.0. The second kappa shape index (κ2) is 10.6. The van der Waals surface area contributed by atoms with E-state index in [0.29, 0.717) is 46.8 Å². The molecule has 0 saturated heterocycles. The Morgan fingerprint density at radius 1 is 0.778 bits per heavy atom. The van der Waals surface area contributed by atoms with Gasteiger partial charge < -0.3 is 19.7 Å². The Kier molecular flexibility index (Phi) is 8.84. The van der Waals surface area contributed by atoms with Crippen molar-refractivity contribution in [3.8, 4) is 23.0 Å². The third-order valence-corrected chi connectivity index (χ3v) is 3.84. The first kappa shape index (κ1) is 22.5. The zero-order chi connectivity index (χ0) is 19.1. The summed E-state index contributed by atoms with van der Waals surface area (Å²) >= 11 is 0. The van der Waals surface area contributed by atoms with Crippen LogP contribution in [0, 0.1) is 13.8 Å². The summed E-state index contributed by atoms with van der Waals surface area (Å²) in [5.74, 6) is 1.11. The molecule has 0 N–H and O–H groups in total. The molecule has 2 rings (SSSR count). The molecule has 1 radical (unpaired) electrons. The Morgan fingerprint density at radius 3 is 1.48 bits per heavy atom. The fourth-order valence-electron chi connectivity index (χ4n) is 2.40. The molecule has 6 nitrogen and oxygen atoms in total. The van der Waals surface area contributed by atoms with Crippen LogP contribution in [-0.4, -0.2) is 39.7 Å². The number of ether oxygens (including phenoxy) is 2. The normalized spacial score (nSPS) is 11.0. The van der Waals surface area contributed by atoms with Crippen molar-refractivity contribution >= 4 is 12.4 Å². The van der Waals surface area contributed by atoms with Gasteiger partial charge in [0, 0.05) is 12.4 Å². The van der Waals surface area contributed by atoms with Crippen LogP contribution in [0.15, 0.2) is 34.3 Å². The van der Waals surface area contributed by atoms with Crippen molar-refractivity contribution in [1.29, 1.82) is 0 Å². The van der Waals surface area contributed by atoms with E-state index in [1.54, 1.807) is 52.3 Å². The number of rotatable bonds is 7. The van der Waals surface area contributed by atoms with E-state index in [9.17, 15) is 10.2 Å². The van der Waals surface area contributed by atoms with Crippen LogP contribution in [0.1, 0.15) is 22.3 Å². The fraction of sp³-hybridized carbons (Fsp3) is 0.300. The van der Waals surface area contributed by atoms with Gasteiger partial charge in [-0.15, -0.1) is 0 Å². The third kappa shape index (κ3) is 6.01. The molecule has 0 amide bonds. The molecule has 2 aromatic rings. The minimum Gasteiger partial charge on any atom is -0.872 e. The summed E-state index contributed by atoms with van der Waals surface area (Å²) in [5, 5.41) is 24.1. The van der Waals surface area contributed by atoms with E-state index in [0.717, 1.165) is 0 Å². The van der Waals surface area contributed by atoms with Gasteiger partial charge in [-0.1, -0.05) is 22.6 Å². The summed E-state index contributed by atoms with van der Waals surface area (Å²) in [5.41, 5.74) is 2.19. The van der Waals surface area contributed by atoms with Crippen molar-refractivity contribution in [2.45, 2.75) is 13.8 Å². The zero-order valence-corrected chi connectivity index (χ0v) is 16.8. The molecular weight excluding hydrogens is 391 g/mol. The summed E-state index contributed by atoms with van der Waals surface area (Å²) in [6, 6.07) is 6.71. The van der Waals surface area contributed by atoms with Gasteiger partial charge in [-0.05, 0) is 49.2 Å². The van der Waals surface area contributed by atoms with E-state index in [1.165, 1.54) is 12.4 Å². The van der Waals surface area contributed by atoms with Gasteiger partial charge in [0.15, 0.2) is 0 Å². The van der Waals surface area contributed by atoms with Crippen molar-refractivity contribution in [3.05, 3.63) is 46.5 Å². The molecule has 0 aromatic heterocycles. The molecule has 0 aliphatic carbocycles. The van der Waals surface area contributed by atoms with Crippen LogP contribution < -0.4 is 19.7 Å². The van der Waals surface area contributed by atoms with Crippen molar-refractivity contribution < 1.29 is 36.5 Å². The van der Waals surface area contributed by atoms with E-state index in [2.05, 4.69) is 9.98 Å². The molecule has 27 heavy (non-hydrogen) atoms. The molecule has 2 aromatic carbocycles. The minimum absolute atomic E-state index is 0. The maximum atomic E-state index is 12.0. The van der Waals surface area contributed by atoms with Crippen molar-refractivity contribution in [3.63, 3.8) is 0 Å². The first-order valence-corrected chi connectivity index (χ1v) is 8.17. The molecule has 7 heteroatoms. The van der Waals surface area contributed by atoms with Crippen molar-refractivity contribution in [2.24, 2.45) is 9.98 Å². The topological polar surface area (TPSA) is 89.3 Å². The van der Waals surface area contributed by atoms with Crippen LogP contribution in [0.2, 0.25) is 0 Å². The van der Waals surface area contributed by atoms with Gasteiger partial charge in [-0.2, -0.15) is 0 Å². The summed E-state index contributed by atoms with van der Waals surface area (Å²) in [6.07, 6.45) is 3.06. The molecule has 0 aliphatic heterocycles. The Balaban J connectivity index is 0.00000364. The first-order chi connectivity index (χ1) is 12.5. The summed E-state index contributed by atoms with van der Waals surface area (Å²) in [6.45, 7) is 4.29. The number of benzene rings is 2. The number of nitrogens with zero attached hydrogens (tertiary/aromatic N) is 2. The Bertz CT molecular complexity index is 766. The largest absolute Gasteiger partial charge is 2.00 e. The van der Waals surface area contributed by atoms with Crippen LogP contribution in [0.4, 0.5) is 0 Å². The molecule has 0 spiro atoms. The zero-order valence-electron chi connectivity index (χ0n) is 15.7. The van der Waals surface area contributed by atoms with E-state index in [1.807, 2.05) is 0 Å². The van der Waals surface area contributed by atoms with Crippen LogP contribution >= 0.6 is 0 Å². The Morgan fingerprint density at radius 2 is 1.15 bits per heavy atom. The Hall–Kier alpha value is -2.51. The van der Waals surface area contributed by atoms with E-state index in [4.69, 9.17) is 9.47 Å². The van der Waals surface area contributed by atoms with E-state index in [-0.39, 0.29) is 28.3 Å². The molecule has 0 saturated carbocycles. The van der Waals surface area contributed by atoms with Crippen LogP contribution in [0.3, 0.4) is 0 Å². The molecule has 0 atom stereocenters. The SMILES string of the molecule is COc1cc(C)c([O-])c(C=NCCN=Cc2cc(OC)cc(C)c2[O-])c1.[Co+2]. The van der Waals surface area contributed by atoms with Gasteiger partial charge in [0.05, 0.1) is 27.3 Å². The summed E-state index contributed by atoms with van der Waals surface area (Å²) in [7, 11) is 3.11. The van der Waals surface area contributed by atoms with Gasteiger partial charge >= 0.3 is 16.8 Å². The number of hydrogen-bond acceptors (Lipinski definition) is 6. The average Bonchev–Trinajstić information content (AvgIpc) is 2.64. The molecule has 0 fully saturated rings. The van der Waals surface area contributed by atoms with Gasteiger partial charge in [0.25, 0.3) is 0 Å². The average molecular weight is 413 g/mol.